The third-order valence-electron chi connectivity index (χ3n) is 6.88. The summed E-state index contributed by atoms with van der Waals surface area (Å²) in [5.41, 5.74) is -1.03. The number of alkyl carbamates (subject to hydrolysis) is 1. The SMILES string of the molecule is CC(C)(C)OC(=O)NC1=N[C@](C)(c2cc(-c3cc(-c4ncc(Cl)cn4)no3)ccc2F)C[S@@](=O)(=NC2CC2)C1(C)C. The van der Waals surface area contributed by atoms with E-state index in [1.165, 1.54) is 18.5 Å². The van der Waals surface area contributed by atoms with Gasteiger partial charge in [-0.05, 0) is 72.6 Å². The van der Waals surface area contributed by atoms with Crippen molar-refractivity contribution in [3.05, 3.63) is 53.1 Å². The third kappa shape index (κ3) is 5.99. The molecule has 1 saturated carbocycles. The second kappa shape index (κ2) is 10.2. The summed E-state index contributed by atoms with van der Waals surface area (Å²) in [6, 6.07) is 6.04. The molecule has 1 aliphatic heterocycles. The molecule has 2 atom stereocenters. The van der Waals surface area contributed by atoms with Crippen LogP contribution in [0.2, 0.25) is 5.02 Å². The lowest BCUT2D eigenvalue weighted by atomic mass is 9.91. The third-order valence-corrected chi connectivity index (χ3v) is 10.5. The zero-order valence-electron chi connectivity index (χ0n) is 23.7. The van der Waals surface area contributed by atoms with E-state index in [4.69, 9.17) is 30.2 Å². The number of aromatic nitrogens is 3. The van der Waals surface area contributed by atoms with Gasteiger partial charge in [-0.1, -0.05) is 16.8 Å². The van der Waals surface area contributed by atoms with Crippen LogP contribution in [0.15, 0.2) is 50.5 Å². The molecule has 1 aromatic carbocycles. The van der Waals surface area contributed by atoms with Gasteiger partial charge >= 0.3 is 6.09 Å². The number of carbonyl (C=O) groups is 1. The van der Waals surface area contributed by atoms with Crippen molar-refractivity contribution >= 4 is 33.3 Å². The standard InChI is InChI=1S/C28H32ClFN6O4S/c1-26(2,3)39-25(37)33-24-27(4,5)41(38,36-18-8-9-18)15-28(6,34-24)19-11-16(7-10-20(19)30)22-12-21(35-40-22)23-31-13-17(29)14-32-23/h7,10-14,18H,8-9,15H2,1-6H3,(H,33,34,37)/t28-,41-/m0/s1. The Hall–Kier alpha value is -3.38. The van der Waals surface area contributed by atoms with Crippen LogP contribution in [0.1, 0.15) is 59.9 Å². The minimum Gasteiger partial charge on any atom is -0.444 e. The first-order chi connectivity index (χ1) is 19.1. The van der Waals surface area contributed by atoms with E-state index < -0.39 is 37.5 Å². The number of aliphatic imine (C=N–C) groups is 1. The van der Waals surface area contributed by atoms with E-state index in [-0.39, 0.29) is 23.2 Å². The Morgan fingerprint density at radius 1 is 1.20 bits per heavy atom. The predicted octanol–water partition coefficient (Wildman–Crippen LogP) is 6.15. The maximum absolute atomic E-state index is 15.6. The second-order valence-electron chi connectivity index (χ2n) is 12.0. The highest BCUT2D eigenvalue weighted by Crippen LogP contribution is 2.42. The Bertz CT molecular complexity index is 1650. The Kier molecular flexibility index (Phi) is 7.22. The zero-order valence-corrected chi connectivity index (χ0v) is 25.3. The average molecular weight is 603 g/mol. The number of nitrogens with zero attached hydrogens (tertiary/aromatic N) is 5. The van der Waals surface area contributed by atoms with Gasteiger partial charge in [-0.25, -0.2) is 27.7 Å². The van der Waals surface area contributed by atoms with Gasteiger partial charge in [0, 0.05) is 29.6 Å². The molecule has 2 aromatic heterocycles. The number of hydrogen-bond donors (Lipinski definition) is 1. The summed E-state index contributed by atoms with van der Waals surface area (Å²) in [7, 11) is -3.03. The van der Waals surface area contributed by atoms with Crippen molar-refractivity contribution in [1.82, 2.24) is 20.4 Å². The molecule has 5 rings (SSSR count). The van der Waals surface area contributed by atoms with Gasteiger partial charge in [0.05, 0.1) is 26.5 Å². The molecule has 218 valence electrons. The molecule has 41 heavy (non-hydrogen) atoms. The number of amides is 1. The predicted molar refractivity (Wildman–Crippen MR) is 155 cm³/mol. The van der Waals surface area contributed by atoms with Crippen LogP contribution in [0.25, 0.3) is 22.8 Å². The van der Waals surface area contributed by atoms with E-state index in [2.05, 4.69) is 20.4 Å². The monoisotopic (exact) mass is 602 g/mol. The van der Waals surface area contributed by atoms with Crippen molar-refractivity contribution in [1.29, 1.82) is 0 Å². The lowest BCUT2D eigenvalue weighted by molar-refractivity contribution is 0.0560. The largest absolute Gasteiger partial charge is 0.444 e. The number of amidine groups is 1. The van der Waals surface area contributed by atoms with Gasteiger partial charge in [-0.3, -0.25) is 10.3 Å². The summed E-state index contributed by atoms with van der Waals surface area (Å²) >= 11 is 5.88. The van der Waals surface area contributed by atoms with Crippen LogP contribution < -0.4 is 5.32 Å². The lowest BCUT2D eigenvalue weighted by Crippen LogP contribution is -2.58. The van der Waals surface area contributed by atoms with Gasteiger partial charge in [0.25, 0.3) is 0 Å². The fourth-order valence-electron chi connectivity index (χ4n) is 4.49. The molecule has 3 heterocycles. The molecule has 13 heteroatoms. The van der Waals surface area contributed by atoms with Crippen molar-refractivity contribution in [2.45, 2.75) is 76.3 Å². The number of rotatable bonds is 4. The Morgan fingerprint density at radius 3 is 2.51 bits per heavy atom. The molecule has 0 bridgehead atoms. The van der Waals surface area contributed by atoms with Gasteiger partial charge in [0.2, 0.25) is 0 Å². The van der Waals surface area contributed by atoms with Gasteiger partial charge in [-0.15, -0.1) is 0 Å². The molecule has 2 aliphatic rings. The number of carbonyl (C=O) groups excluding carboxylic acids is 1. The number of halogens is 2. The highest BCUT2D eigenvalue weighted by Gasteiger charge is 2.50. The summed E-state index contributed by atoms with van der Waals surface area (Å²) in [6.07, 6.45) is 3.83. The first-order valence-corrected chi connectivity index (χ1v) is 15.2. The van der Waals surface area contributed by atoms with Crippen LogP contribution in [0.4, 0.5) is 9.18 Å². The van der Waals surface area contributed by atoms with Crippen molar-refractivity contribution < 1.29 is 22.7 Å². The molecular formula is C28H32ClFN6O4S. The summed E-state index contributed by atoms with van der Waals surface area (Å²) in [5, 5.41) is 7.13. The molecule has 1 N–H and O–H groups in total. The van der Waals surface area contributed by atoms with E-state index in [0.717, 1.165) is 12.8 Å². The summed E-state index contributed by atoms with van der Waals surface area (Å²) in [6.45, 7) is 10.4. The fourth-order valence-corrected chi connectivity index (χ4v) is 7.35. The van der Waals surface area contributed by atoms with Gasteiger partial charge in [0.1, 0.15) is 27.5 Å². The molecule has 0 spiro atoms. The molecular weight excluding hydrogens is 571 g/mol. The molecule has 0 saturated heterocycles. The molecule has 0 radical (unpaired) electrons. The molecule has 1 aliphatic carbocycles. The minimum atomic E-state index is -3.03. The summed E-state index contributed by atoms with van der Waals surface area (Å²) in [5.74, 6) is 0.201. The molecule has 10 nitrogen and oxygen atoms in total. The van der Waals surface area contributed by atoms with Gasteiger partial charge in [0.15, 0.2) is 17.3 Å². The van der Waals surface area contributed by atoms with Crippen LogP contribution >= 0.6 is 11.6 Å². The molecule has 3 aromatic rings. The van der Waals surface area contributed by atoms with Crippen LogP contribution in [-0.2, 0) is 20.0 Å². The Labute approximate surface area is 243 Å². The van der Waals surface area contributed by atoms with Crippen LogP contribution in [0, 0.1) is 5.82 Å². The molecule has 1 amide bonds. The van der Waals surface area contributed by atoms with E-state index in [1.807, 2.05) is 0 Å². The first-order valence-electron chi connectivity index (χ1n) is 13.2. The van der Waals surface area contributed by atoms with E-state index >= 15 is 4.39 Å². The smallest absolute Gasteiger partial charge is 0.413 e. The Balaban J connectivity index is 1.58. The maximum atomic E-state index is 15.6. The molecule has 0 unspecified atom stereocenters. The maximum Gasteiger partial charge on any atom is 0.413 e. The van der Waals surface area contributed by atoms with Crippen molar-refractivity contribution in [2.24, 2.45) is 9.36 Å². The second-order valence-corrected chi connectivity index (χ2v) is 15.2. The normalized spacial score (nSPS) is 24.0. The average Bonchev–Trinajstić information content (AvgIpc) is 3.53. The zero-order chi connectivity index (χ0) is 29.8. The molecule has 1 fully saturated rings. The van der Waals surface area contributed by atoms with Crippen molar-refractivity contribution in [2.75, 3.05) is 5.75 Å². The minimum absolute atomic E-state index is 0.0363. The fraction of sp³-hybridized carbons (Fsp3) is 0.464. The number of hydrogen-bond acceptors (Lipinski definition) is 9. The van der Waals surface area contributed by atoms with Crippen molar-refractivity contribution in [3.63, 3.8) is 0 Å². The summed E-state index contributed by atoms with van der Waals surface area (Å²) < 4.78 is 44.8. The number of ether oxygens (including phenoxy) is 1. The van der Waals surface area contributed by atoms with Gasteiger partial charge < -0.3 is 9.26 Å². The Morgan fingerprint density at radius 2 is 1.88 bits per heavy atom. The summed E-state index contributed by atoms with van der Waals surface area (Å²) in [4.78, 5) is 25.9. The number of nitrogens with one attached hydrogen (secondary N) is 1. The highest BCUT2D eigenvalue weighted by atomic mass is 35.5. The van der Waals surface area contributed by atoms with E-state index in [9.17, 15) is 9.00 Å². The highest BCUT2D eigenvalue weighted by molar-refractivity contribution is 7.95. The van der Waals surface area contributed by atoms with Crippen LogP contribution in [0.5, 0.6) is 0 Å². The lowest BCUT2D eigenvalue weighted by Gasteiger charge is -2.42. The van der Waals surface area contributed by atoms with E-state index in [1.54, 1.807) is 59.7 Å². The van der Waals surface area contributed by atoms with Gasteiger partial charge in [-0.2, -0.15) is 0 Å². The first kappa shape index (κ1) is 29.1. The van der Waals surface area contributed by atoms with Crippen molar-refractivity contribution in [3.8, 4) is 22.8 Å². The van der Waals surface area contributed by atoms with Crippen LogP contribution in [-0.4, -0.2) is 53.4 Å². The number of benzene rings is 1. The van der Waals surface area contributed by atoms with E-state index in [0.29, 0.717) is 27.9 Å². The topological polar surface area (TPSA) is 132 Å². The van der Waals surface area contributed by atoms with Crippen LogP contribution in [0.3, 0.4) is 0 Å². The quantitative estimate of drug-likeness (QED) is 0.378.